The summed E-state index contributed by atoms with van der Waals surface area (Å²) in [5, 5.41) is 4.75. The highest BCUT2D eigenvalue weighted by Crippen LogP contribution is 2.46. The Balaban J connectivity index is 1.37. The lowest BCUT2D eigenvalue weighted by Gasteiger charge is -2.27. The van der Waals surface area contributed by atoms with Crippen LogP contribution in [0.5, 0.6) is 0 Å². The quantitative estimate of drug-likeness (QED) is 0.266. The van der Waals surface area contributed by atoms with Crippen LogP contribution >= 0.6 is 22.7 Å². The fourth-order valence-electron chi connectivity index (χ4n) is 4.77. The minimum atomic E-state index is -3.42. The minimum Gasteiger partial charge on any atom is -0.313 e. The van der Waals surface area contributed by atoms with Gasteiger partial charge < -0.3 is 5.32 Å². The number of amides is 1. The summed E-state index contributed by atoms with van der Waals surface area (Å²) < 4.78 is 25.2. The molecular formula is C29H25N3O3S3. The average molecular weight is 560 g/mol. The molecule has 0 atom stereocenters. The van der Waals surface area contributed by atoms with Crippen molar-refractivity contribution in [1.29, 1.82) is 0 Å². The Morgan fingerprint density at radius 2 is 1.79 bits per heavy atom. The molecule has 0 radical (unpaired) electrons. The van der Waals surface area contributed by atoms with E-state index in [-0.39, 0.29) is 10.8 Å². The highest BCUT2D eigenvalue weighted by Gasteiger charge is 2.28. The summed E-state index contributed by atoms with van der Waals surface area (Å²) in [5.74, 6) is -0.336. The lowest BCUT2D eigenvalue weighted by atomic mass is 10.0. The Bertz CT molecular complexity index is 1720. The molecule has 6 rings (SSSR count). The Morgan fingerprint density at radius 3 is 2.58 bits per heavy atom. The van der Waals surface area contributed by atoms with Gasteiger partial charge in [-0.25, -0.2) is 13.4 Å². The Morgan fingerprint density at radius 1 is 1.00 bits per heavy atom. The Labute approximate surface area is 229 Å². The number of sulfone groups is 1. The van der Waals surface area contributed by atoms with Crippen molar-refractivity contribution in [1.82, 2.24) is 9.88 Å². The highest BCUT2D eigenvalue weighted by atomic mass is 32.2. The number of thiophene rings is 1. The van der Waals surface area contributed by atoms with Gasteiger partial charge in [-0.2, -0.15) is 0 Å². The summed E-state index contributed by atoms with van der Waals surface area (Å²) in [4.78, 5) is 22.0. The van der Waals surface area contributed by atoms with Crippen molar-refractivity contribution in [3.05, 3.63) is 100 Å². The van der Waals surface area contributed by atoms with E-state index in [1.807, 2.05) is 24.3 Å². The number of aromatic nitrogens is 1. The number of carbonyl (C=O) groups excluding carboxylic acids is 1. The summed E-state index contributed by atoms with van der Waals surface area (Å²) in [6.07, 6.45) is 2.01. The molecule has 3 heterocycles. The summed E-state index contributed by atoms with van der Waals surface area (Å²) in [6.45, 7) is 2.58. The largest absolute Gasteiger partial charge is 0.313 e. The second kappa shape index (κ2) is 10.1. The lowest BCUT2D eigenvalue weighted by molar-refractivity contribution is 0.102. The molecule has 2 aromatic heterocycles. The van der Waals surface area contributed by atoms with Crippen LogP contribution in [0.3, 0.4) is 0 Å². The van der Waals surface area contributed by atoms with Crippen LogP contribution in [0.1, 0.15) is 26.4 Å². The fourth-order valence-corrected chi connectivity index (χ4v) is 7.83. The number of fused-ring (bicyclic) bond motifs is 2. The van der Waals surface area contributed by atoms with Crippen LogP contribution in [0.15, 0.2) is 83.8 Å². The molecule has 9 heteroatoms. The normalized spacial score (nSPS) is 13.9. The molecule has 1 amide bonds. The maximum atomic E-state index is 13.3. The van der Waals surface area contributed by atoms with E-state index < -0.39 is 9.84 Å². The van der Waals surface area contributed by atoms with Crippen molar-refractivity contribution in [3.63, 3.8) is 0 Å². The number of hydrogen-bond donors (Lipinski definition) is 1. The standard InChI is InChI=1S/C29H25N3O3S3/c1-38(34,35)21-11-7-10-20(16-21)27(33)31-29-26(28-30-23-12-5-6-13-24(23)36-28)22-14-15-32(18-25(22)37-29)17-19-8-3-2-4-9-19/h2-13,16H,14-15,17-18H2,1H3,(H,31,33). The molecule has 192 valence electrons. The van der Waals surface area contributed by atoms with Gasteiger partial charge in [0.25, 0.3) is 5.91 Å². The van der Waals surface area contributed by atoms with E-state index in [1.54, 1.807) is 34.8 Å². The summed E-state index contributed by atoms with van der Waals surface area (Å²) in [6, 6.07) is 24.7. The maximum absolute atomic E-state index is 13.3. The number of thiazole rings is 1. The molecule has 1 N–H and O–H groups in total. The van der Waals surface area contributed by atoms with Crippen molar-refractivity contribution >= 4 is 53.6 Å². The predicted molar refractivity (Wildman–Crippen MR) is 155 cm³/mol. The number of hydrogen-bond acceptors (Lipinski definition) is 7. The zero-order valence-electron chi connectivity index (χ0n) is 20.7. The number of benzene rings is 3. The number of nitrogens with one attached hydrogen (secondary N) is 1. The van der Waals surface area contributed by atoms with Gasteiger partial charge in [-0.15, -0.1) is 22.7 Å². The van der Waals surface area contributed by atoms with Crippen LogP contribution in [0.4, 0.5) is 5.00 Å². The number of carbonyl (C=O) groups is 1. The van der Waals surface area contributed by atoms with E-state index >= 15 is 0 Å². The van der Waals surface area contributed by atoms with Crippen LogP contribution in [-0.2, 0) is 29.3 Å². The zero-order chi connectivity index (χ0) is 26.3. The molecule has 0 saturated heterocycles. The van der Waals surface area contributed by atoms with Crippen LogP contribution < -0.4 is 5.32 Å². The third kappa shape index (κ3) is 5.02. The summed E-state index contributed by atoms with van der Waals surface area (Å²) in [7, 11) is -3.42. The topological polar surface area (TPSA) is 79.4 Å². The first kappa shape index (κ1) is 24.9. The second-order valence-corrected chi connectivity index (χ2v) is 13.5. The van der Waals surface area contributed by atoms with Gasteiger partial charge >= 0.3 is 0 Å². The molecule has 0 saturated carbocycles. The van der Waals surface area contributed by atoms with E-state index in [0.717, 1.165) is 58.1 Å². The van der Waals surface area contributed by atoms with Gasteiger partial charge in [0.05, 0.1) is 15.1 Å². The van der Waals surface area contributed by atoms with Crippen LogP contribution in [0.2, 0.25) is 0 Å². The average Bonchev–Trinajstić information content (AvgIpc) is 3.49. The number of rotatable bonds is 6. The Hall–Kier alpha value is -3.37. The van der Waals surface area contributed by atoms with Crippen molar-refractivity contribution in [2.75, 3.05) is 18.1 Å². The van der Waals surface area contributed by atoms with Gasteiger partial charge in [0, 0.05) is 41.9 Å². The smallest absolute Gasteiger partial charge is 0.256 e. The van der Waals surface area contributed by atoms with E-state index in [1.165, 1.54) is 28.1 Å². The van der Waals surface area contributed by atoms with E-state index in [0.29, 0.717) is 5.56 Å². The minimum absolute atomic E-state index is 0.124. The molecular weight excluding hydrogens is 535 g/mol. The number of nitrogens with zero attached hydrogens (tertiary/aromatic N) is 2. The third-order valence-electron chi connectivity index (χ3n) is 6.64. The molecule has 0 aliphatic carbocycles. The molecule has 38 heavy (non-hydrogen) atoms. The summed E-state index contributed by atoms with van der Waals surface area (Å²) in [5.41, 5.74) is 4.74. The van der Waals surface area contributed by atoms with Gasteiger partial charge in [0.2, 0.25) is 0 Å². The monoisotopic (exact) mass is 559 g/mol. The first-order valence-electron chi connectivity index (χ1n) is 12.2. The van der Waals surface area contributed by atoms with Crippen LogP contribution in [0, 0.1) is 0 Å². The van der Waals surface area contributed by atoms with E-state index in [9.17, 15) is 13.2 Å². The first-order valence-corrected chi connectivity index (χ1v) is 15.8. The van der Waals surface area contributed by atoms with Crippen LogP contribution in [-0.4, -0.2) is 37.0 Å². The van der Waals surface area contributed by atoms with Crippen LogP contribution in [0.25, 0.3) is 20.8 Å². The molecule has 5 aromatic rings. The molecule has 0 fully saturated rings. The maximum Gasteiger partial charge on any atom is 0.256 e. The molecule has 6 nitrogen and oxygen atoms in total. The Kier molecular flexibility index (Phi) is 6.61. The molecule has 0 bridgehead atoms. The molecule has 1 aliphatic heterocycles. The molecule has 0 unspecified atom stereocenters. The molecule has 1 aliphatic rings. The lowest BCUT2D eigenvalue weighted by Crippen LogP contribution is -2.29. The van der Waals surface area contributed by atoms with Crippen molar-refractivity contribution in [2.45, 2.75) is 24.4 Å². The van der Waals surface area contributed by atoms with E-state index in [2.05, 4.69) is 40.5 Å². The third-order valence-corrected chi connectivity index (χ3v) is 9.94. The predicted octanol–water partition coefficient (Wildman–Crippen LogP) is 6.24. The van der Waals surface area contributed by atoms with Gasteiger partial charge in [0.1, 0.15) is 10.0 Å². The van der Waals surface area contributed by atoms with Crippen molar-refractivity contribution < 1.29 is 13.2 Å². The van der Waals surface area contributed by atoms with Gasteiger partial charge in [0.15, 0.2) is 9.84 Å². The number of anilines is 1. The summed E-state index contributed by atoms with van der Waals surface area (Å²) >= 11 is 3.21. The van der Waals surface area contributed by atoms with Gasteiger partial charge in [-0.3, -0.25) is 9.69 Å². The van der Waals surface area contributed by atoms with Gasteiger partial charge in [-0.05, 0) is 47.9 Å². The second-order valence-electron chi connectivity index (χ2n) is 9.40. The SMILES string of the molecule is CS(=O)(=O)c1cccc(C(=O)Nc2sc3c(c2-c2nc4ccccc4s2)CCN(Cc2ccccc2)C3)c1. The highest BCUT2D eigenvalue weighted by molar-refractivity contribution is 7.90. The first-order chi connectivity index (χ1) is 18.3. The molecule has 3 aromatic carbocycles. The van der Waals surface area contributed by atoms with Crippen molar-refractivity contribution in [2.24, 2.45) is 0 Å². The molecule has 0 spiro atoms. The zero-order valence-corrected chi connectivity index (χ0v) is 23.1. The number of para-hydroxylation sites is 1. The van der Waals surface area contributed by atoms with Crippen molar-refractivity contribution in [3.8, 4) is 10.6 Å². The van der Waals surface area contributed by atoms with Gasteiger partial charge in [-0.1, -0.05) is 48.5 Å². The van der Waals surface area contributed by atoms with E-state index in [4.69, 9.17) is 4.98 Å². The fraction of sp³-hybridized carbons (Fsp3) is 0.172.